The van der Waals surface area contributed by atoms with Gasteiger partial charge in [0.2, 0.25) is 0 Å². The summed E-state index contributed by atoms with van der Waals surface area (Å²) in [6.07, 6.45) is 2.58. The monoisotopic (exact) mass is 231 g/mol. The molecule has 2 rings (SSSR count). The molecule has 1 aromatic carbocycles. The first-order chi connectivity index (χ1) is 8.25. The molecule has 0 aliphatic carbocycles. The van der Waals surface area contributed by atoms with Crippen molar-refractivity contribution in [2.45, 2.75) is 31.9 Å². The van der Waals surface area contributed by atoms with Crippen LogP contribution < -0.4 is 5.32 Å². The second-order valence-corrected chi connectivity index (χ2v) is 4.75. The summed E-state index contributed by atoms with van der Waals surface area (Å²) < 4.78 is 5.54. The lowest BCUT2D eigenvalue weighted by molar-refractivity contribution is 0.0141. The molecule has 1 saturated heterocycles. The van der Waals surface area contributed by atoms with Gasteiger partial charge < -0.3 is 10.1 Å². The van der Waals surface area contributed by atoms with Crippen molar-refractivity contribution in [3.05, 3.63) is 42.5 Å². The lowest BCUT2D eigenvalue weighted by Crippen LogP contribution is -2.38. The first-order valence-corrected chi connectivity index (χ1v) is 6.34. The van der Waals surface area contributed by atoms with E-state index in [-0.39, 0.29) is 0 Å². The summed E-state index contributed by atoms with van der Waals surface area (Å²) in [6, 6.07) is 10.9. The van der Waals surface area contributed by atoms with E-state index in [0.717, 1.165) is 31.6 Å². The molecule has 1 aromatic rings. The Kier molecular flexibility index (Phi) is 4.35. The maximum Gasteiger partial charge on any atom is 0.0561 e. The molecule has 2 nitrogen and oxygen atoms in total. The van der Waals surface area contributed by atoms with Gasteiger partial charge in [0.25, 0.3) is 0 Å². The first kappa shape index (κ1) is 12.3. The van der Waals surface area contributed by atoms with E-state index in [1.807, 2.05) is 6.07 Å². The standard InChI is InChI=1S/C15H21NO/c1-12(14-6-4-3-5-7-14)11-16-15-8-9-17-13(2)10-15/h3-7,13,15-16H,1,8-11H2,2H3. The summed E-state index contributed by atoms with van der Waals surface area (Å²) in [5.74, 6) is 0. The van der Waals surface area contributed by atoms with Crippen molar-refractivity contribution in [3.8, 4) is 0 Å². The Morgan fingerprint density at radius 1 is 1.41 bits per heavy atom. The second kappa shape index (κ2) is 5.99. The topological polar surface area (TPSA) is 21.3 Å². The number of hydrogen-bond donors (Lipinski definition) is 1. The molecule has 2 heteroatoms. The molecule has 0 aromatic heterocycles. The maximum absolute atomic E-state index is 5.54. The van der Waals surface area contributed by atoms with E-state index in [4.69, 9.17) is 4.74 Å². The van der Waals surface area contributed by atoms with E-state index in [1.165, 1.54) is 5.56 Å². The van der Waals surface area contributed by atoms with Crippen LogP contribution in [0.25, 0.3) is 5.57 Å². The largest absolute Gasteiger partial charge is 0.378 e. The molecule has 0 bridgehead atoms. The Morgan fingerprint density at radius 2 is 2.18 bits per heavy atom. The Labute approximate surface area is 104 Å². The molecule has 0 spiro atoms. The van der Waals surface area contributed by atoms with Crippen molar-refractivity contribution in [2.24, 2.45) is 0 Å². The number of nitrogens with one attached hydrogen (secondary N) is 1. The molecule has 0 amide bonds. The van der Waals surface area contributed by atoms with E-state index < -0.39 is 0 Å². The highest BCUT2D eigenvalue weighted by Crippen LogP contribution is 2.15. The number of ether oxygens (including phenoxy) is 1. The smallest absolute Gasteiger partial charge is 0.0561 e. The Bertz CT molecular complexity index is 360. The van der Waals surface area contributed by atoms with Crippen molar-refractivity contribution >= 4 is 5.57 Å². The fourth-order valence-electron chi connectivity index (χ4n) is 2.23. The van der Waals surface area contributed by atoms with Gasteiger partial charge in [0.1, 0.15) is 0 Å². The van der Waals surface area contributed by atoms with Gasteiger partial charge in [0, 0.05) is 19.2 Å². The summed E-state index contributed by atoms with van der Waals surface area (Å²) in [4.78, 5) is 0. The molecule has 1 heterocycles. The van der Waals surface area contributed by atoms with Gasteiger partial charge in [-0.1, -0.05) is 36.9 Å². The summed E-state index contributed by atoms with van der Waals surface area (Å²) in [7, 11) is 0. The molecule has 0 radical (unpaired) electrons. The SMILES string of the molecule is C=C(CNC1CCOC(C)C1)c1ccccc1. The lowest BCUT2D eigenvalue weighted by Gasteiger charge is -2.28. The quantitative estimate of drug-likeness (QED) is 0.860. The second-order valence-electron chi connectivity index (χ2n) is 4.75. The van der Waals surface area contributed by atoms with Crippen molar-refractivity contribution < 1.29 is 4.74 Å². The molecule has 2 unspecified atom stereocenters. The van der Waals surface area contributed by atoms with Gasteiger partial charge in [0.15, 0.2) is 0 Å². The lowest BCUT2D eigenvalue weighted by atomic mass is 10.0. The molecule has 1 N–H and O–H groups in total. The minimum Gasteiger partial charge on any atom is -0.378 e. The zero-order chi connectivity index (χ0) is 12.1. The normalized spacial score (nSPS) is 24.5. The highest BCUT2D eigenvalue weighted by Gasteiger charge is 2.18. The third-order valence-corrected chi connectivity index (χ3v) is 3.27. The third kappa shape index (κ3) is 3.69. The van der Waals surface area contributed by atoms with Crippen LogP contribution in [0.15, 0.2) is 36.9 Å². The van der Waals surface area contributed by atoms with Gasteiger partial charge in [-0.2, -0.15) is 0 Å². The molecule has 2 atom stereocenters. The number of hydrogen-bond acceptors (Lipinski definition) is 2. The predicted octanol–water partition coefficient (Wildman–Crippen LogP) is 2.86. The van der Waals surface area contributed by atoms with Crippen LogP contribution in [0.2, 0.25) is 0 Å². The minimum atomic E-state index is 0.381. The molecule has 1 aliphatic rings. The molecule has 1 fully saturated rings. The van der Waals surface area contributed by atoms with E-state index in [0.29, 0.717) is 12.1 Å². The van der Waals surface area contributed by atoms with Crippen molar-refractivity contribution in [2.75, 3.05) is 13.2 Å². The van der Waals surface area contributed by atoms with Gasteiger partial charge in [-0.05, 0) is 30.9 Å². The summed E-state index contributed by atoms with van der Waals surface area (Å²) >= 11 is 0. The zero-order valence-corrected chi connectivity index (χ0v) is 10.5. The van der Waals surface area contributed by atoms with Crippen molar-refractivity contribution in [3.63, 3.8) is 0 Å². The van der Waals surface area contributed by atoms with E-state index >= 15 is 0 Å². The van der Waals surface area contributed by atoms with Gasteiger partial charge in [0.05, 0.1) is 6.10 Å². The molecule has 92 valence electrons. The fourth-order valence-corrected chi connectivity index (χ4v) is 2.23. The Balaban J connectivity index is 1.80. The van der Waals surface area contributed by atoms with Crippen LogP contribution in [0.4, 0.5) is 0 Å². The van der Waals surface area contributed by atoms with E-state index in [9.17, 15) is 0 Å². The van der Waals surface area contributed by atoms with E-state index in [1.54, 1.807) is 0 Å². The van der Waals surface area contributed by atoms with Gasteiger partial charge in [-0.3, -0.25) is 0 Å². The summed E-state index contributed by atoms with van der Waals surface area (Å²) in [5, 5.41) is 3.57. The van der Waals surface area contributed by atoms with Crippen LogP contribution in [-0.4, -0.2) is 25.3 Å². The maximum atomic E-state index is 5.54. The average Bonchev–Trinajstić information content (AvgIpc) is 2.37. The summed E-state index contributed by atoms with van der Waals surface area (Å²) in [6.45, 7) is 8.01. The van der Waals surface area contributed by atoms with Crippen LogP contribution in [0.5, 0.6) is 0 Å². The number of benzene rings is 1. The van der Waals surface area contributed by atoms with Crippen LogP contribution >= 0.6 is 0 Å². The predicted molar refractivity (Wildman–Crippen MR) is 71.9 cm³/mol. The summed E-state index contributed by atoms with van der Waals surface area (Å²) in [5.41, 5.74) is 2.38. The van der Waals surface area contributed by atoms with E-state index in [2.05, 4.69) is 43.1 Å². The molecule has 0 saturated carbocycles. The average molecular weight is 231 g/mol. The van der Waals surface area contributed by atoms with Crippen molar-refractivity contribution in [1.82, 2.24) is 5.32 Å². The van der Waals surface area contributed by atoms with Crippen LogP contribution in [0.1, 0.15) is 25.3 Å². The zero-order valence-electron chi connectivity index (χ0n) is 10.5. The van der Waals surface area contributed by atoms with Crippen molar-refractivity contribution in [1.29, 1.82) is 0 Å². The van der Waals surface area contributed by atoms with Gasteiger partial charge in [-0.25, -0.2) is 0 Å². The van der Waals surface area contributed by atoms with Crippen LogP contribution in [0.3, 0.4) is 0 Å². The van der Waals surface area contributed by atoms with Crippen LogP contribution in [0, 0.1) is 0 Å². The minimum absolute atomic E-state index is 0.381. The van der Waals surface area contributed by atoms with Gasteiger partial charge >= 0.3 is 0 Å². The van der Waals surface area contributed by atoms with Crippen LogP contribution in [-0.2, 0) is 4.74 Å². The Morgan fingerprint density at radius 3 is 2.88 bits per heavy atom. The first-order valence-electron chi connectivity index (χ1n) is 6.34. The third-order valence-electron chi connectivity index (χ3n) is 3.27. The molecule has 17 heavy (non-hydrogen) atoms. The van der Waals surface area contributed by atoms with Gasteiger partial charge in [-0.15, -0.1) is 0 Å². The highest BCUT2D eigenvalue weighted by atomic mass is 16.5. The highest BCUT2D eigenvalue weighted by molar-refractivity contribution is 5.64. The number of rotatable bonds is 4. The fraction of sp³-hybridized carbons (Fsp3) is 0.467. The molecular weight excluding hydrogens is 210 g/mol. The molecular formula is C15H21NO. The molecule has 1 aliphatic heterocycles. The Hall–Kier alpha value is -1.12.